The van der Waals surface area contributed by atoms with Crippen LogP contribution in [-0.4, -0.2) is 25.7 Å². The van der Waals surface area contributed by atoms with Gasteiger partial charge in [0.05, 0.1) is 17.5 Å². The number of ether oxygens (including phenoxy) is 1. The Morgan fingerprint density at radius 3 is 2.89 bits per heavy atom. The van der Waals surface area contributed by atoms with Gasteiger partial charge < -0.3 is 15.4 Å². The largest absolute Gasteiger partial charge is 0.397 e. The second kappa shape index (κ2) is 6.57. The number of benzene rings is 1. The monoisotopic (exact) mass is 262 g/mol. The lowest BCUT2D eigenvalue weighted by molar-refractivity contribution is -0.119. The number of hydrogen-bond acceptors (Lipinski definition) is 3. The van der Waals surface area contributed by atoms with Gasteiger partial charge in [0, 0.05) is 20.1 Å². The molecular weight excluding hydrogens is 240 g/mol. The molecule has 1 aromatic rings. The number of hydrogen-bond donors (Lipinski definition) is 1. The summed E-state index contributed by atoms with van der Waals surface area (Å²) in [4.78, 5) is 13.8. The minimum atomic E-state index is 0.0899. The molecule has 0 spiro atoms. The molecule has 2 rings (SSSR count). The molecule has 4 nitrogen and oxygen atoms in total. The fraction of sp³-hybridized carbons (Fsp3) is 0.533. The van der Waals surface area contributed by atoms with E-state index in [0.717, 1.165) is 31.6 Å². The SMILES string of the molecule is CN(C(=O)CCC1CCCCO1)c1ccccc1N. The number of nitrogens with two attached hydrogens (primary N) is 1. The van der Waals surface area contributed by atoms with Crippen molar-refractivity contribution in [3.8, 4) is 0 Å². The first-order valence-electron chi connectivity index (χ1n) is 6.91. The predicted molar refractivity (Wildman–Crippen MR) is 77.1 cm³/mol. The van der Waals surface area contributed by atoms with Crippen molar-refractivity contribution >= 4 is 17.3 Å². The summed E-state index contributed by atoms with van der Waals surface area (Å²) in [5.74, 6) is 0.0899. The van der Waals surface area contributed by atoms with Gasteiger partial charge in [-0.25, -0.2) is 0 Å². The molecule has 4 heteroatoms. The van der Waals surface area contributed by atoms with E-state index in [1.165, 1.54) is 6.42 Å². The number of nitrogens with zero attached hydrogens (tertiary/aromatic N) is 1. The summed E-state index contributed by atoms with van der Waals surface area (Å²) in [6, 6.07) is 7.43. The van der Waals surface area contributed by atoms with E-state index in [-0.39, 0.29) is 12.0 Å². The Labute approximate surface area is 114 Å². The Balaban J connectivity index is 1.87. The lowest BCUT2D eigenvalue weighted by Gasteiger charge is -2.24. The highest BCUT2D eigenvalue weighted by Gasteiger charge is 2.18. The molecule has 1 amide bonds. The molecule has 2 N–H and O–H groups in total. The third kappa shape index (κ3) is 3.70. The maximum atomic E-state index is 12.2. The van der Waals surface area contributed by atoms with Crippen LogP contribution in [0.5, 0.6) is 0 Å². The summed E-state index contributed by atoms with van der Waals surface area (Å²) in [7, 11) is 1.77. The van der Waals surface area contributed by atoms with Gasteiger partial charge in [-0.05, 0) is 37.8 Å². The smallest absolute Gasteiger partial charge is 0.226 e. The molecule has 1 aliphatic heterocycles. The second-order valence-electron chi connectivity index (χ2n) is 5.04. The minimum absolute atomic E-state index is 0.0899. The van der Waals surface area contributed by atoms with Crippen molar-refractivity contribution in [2.45, 2.75) is 38.2 Å². The summed E-state index contributed by atoms with van der Waals surface area (Å²) in [5.41, 5.74) is 7.29. The Morgan fingerprint density at radius 2 is 2.21 bits per heavy atom. The van der Waals surface area contributed by atoms with Crippen LogP contribution >= 0.6 is 0 Å². The van der Waals surface area contributed by atoms with E-state index in [1.807, 2.05) is 24.3 Å². The molecule has 1 fully saturated rings. The Bertz CT molecular complexity index is 428. The highest BCUT2D eigenvalue weighted by atomic mass is 16.5. The highest BCUT2D eigenvalue weighted by Crippen LogP contribution is 2.23. The van der Waals surface area contributed by atoms with Crippen LogP contribution in [0.1, 0.15) is 32.1 Å². The third-order valence-corrected chi connectivity index (χ3v) is 3.63. The van der Waals surface area contributed by atoms with Gasteiger partial charge in [0.25, 0.3) is 0 Å². The number of anilines is 2. The Kier molecular flexibility index (Phi) is 4.80. The molecule has 1 unspecified atom stereocenters. The Morgan fingerprint density at radius 1 is 1.42 bits per heavy atom. The van der Waals surface area contributed by atoms with E-state index in [9.17, 15) is 4.79 Å². The minimum Gasteiger partial charge on any atom is -0.397 e. The Hall–Kier alpha value is -1.55. The summed E-state index contributed by atoms with van der Waals surface area (Å²) in [5, 5.41) is 0. The molecule has 0 saturated carbocycles. The lowest BCUT2D eigenvalue weighted by Crippen LogP contribution is -2.29. The third-order valence-electron chi connectivity index (χ3n) is 3.63. The first-order valence-corrected chi connectivity index (χ1v) is 6.91. The van der Waals surface area contributed by atoms with Crippen molar-refractivity contribution in [2.75, 3.05) is 24.3 Å². The quantitative estimate of drug-likeness (QED) is 0.848. The molecule has 0 aromatic heterocycles. The van der Waals surface area contributed by atoms with E-state index in [2.05, 4.69) is 0 Å². The van der Waals surface area contributed by atoms with Crippen molar-refractivity contribution in [3.05, 3.63) is 24.3 Å². The van der Waals surface area contributed by atoms with Gasteiger partial charge in [0.1, 0.15) is 0 Å². The van der Waals surface area contributed by atoms with Gasteiger partial charge in [0.15, 0.2) is 0 Å². The zero-order valence-corrected chi connectivity index (χ0v) is 11.5. The standard InChI is InChI=1S/C15H22N2O2/c1-17(14-8-3-2-7-13(14)16)15(18)10-9-12-6-4-5-11-19-12/h2-3,7-8,12H,4-6,9-11,16H2,1H3. The van der Waals surface area contributed by atoms with Gasteiger partial charge in [-0.3, -0.25) is 4.79 Å². The van der Waals surface area contributed by atoms with Crippen LogP contribution in [-0.2, 0) is 9.53 Å². The first kappa shape index (κ1) is 13.9. The number of carbonyl (C=O) groups is 1. The molecule has 1 heterocycles. The van der Waals surface area contributed by atoms with E-state index in [1.54, 1.807) is 11.9 Å². The first-order chi connectivity index (χ1) is 9.18. The van der Waals surface area contributed by atoms with Crippen LogP contribution < -0.4 is 10.6 Å². The van der Waals surface area contributed by atoms with Crippen molar-refractivity contribution in [1.29, 1.82) is 0 Å². The summed E-state index contributed by atoms with van der Waals surface area (Å²) in [6.45, 7) is 0.834. The van der Waals surface area contributed by atoms with Gasteiger partial charge in [-0.15, -0.1) is 0 Å². The van der Waals surface area contributed by atoms with Crippen LogP contribution in [0.2, 0.25) is 0 Å². The zero-order chi connectivity index (χ0) is 13.7. The van der Waals surface area contributed by atoms with E-state index >= 15 is 0 Å². The van der Waals surface area contributed by atoms with Gasteiger partial charge in [0.2, 0.25) is 5.91 Å². The molecule has 19 heavy (non-hydrogen) atoms. The molecule has 1 saturated heterocycles. The van der Waals surface area contributed by atoms with Crippen molar-refractivity contribution in [3.63, 3.8) is 0 Å². The predicted octanol–water partition coefficient (Wildman–Crippen LogP) is 2.58. The molecule has 0 aliphatic carbocycles. The summed E-state index contributed by atoms with van der Waals surface area (Å²) >= 11 is 0. The van der Waals surface area contributed by atoms with E-state index < -0.39 is 0 Å². The highest BCUT2D eigenvalue weighted by molar-refractivity contribution is 5.95. The van der Waals surface area contributed by atoms with Gasteiger partial charge >= 0.3 is 0 Å². The normalized spacial score (nSPS) is 19.1. The fourth-order valence-electron chi connectivity index (χ4n) is 2.41. The maximum absolute atomic E-state index is 12.2. The van der Waals surface area contributed by atoms with Crippen molar-refractivity contribution in [1.82, 2.24) is 0 Å². The van der Waals surface area contributed by atoms with Gasteiger partial charge in [-0.1, -0.05) is 12.1 Å². The number of rotatable bonds is 4. The van der Waals surface area contributed by atoms with E-state index in [0.29, 0.717) is 12.1 Å². The summed E-state index contributed by atoms with van der Waals surface area (Å²) < 4.78 is 5.64. The lowest BCUT2D eigenvalue weighted by atomic mass is 10.0. The van der Waals surface area contributed by atoms with Crippen LogP contribution in [0.3, 0.4) is 0 Å². The topological polar surface area (TPSA) is 55.6 Å². The van der Waals surface area contributed by atoms with E-state index in [4.69, 9.17) is 10.5 Å². The van der Waals surface area contributed by atoms with Gasteiger partial charge in [-0.2, -0.15) is 0 Å². The van der Waals surface area contributed by atoms with Crippen molar-refractivity contribution < 1.29 is 9.53 Å². The van der Waals surface area contributed by atoms with Crippen LogP contribution in [0.25, 0.3) is 0 Å². The molecule has 1 atom stereocenters. The number of carbonyl (C=O) groups excluding carboxylic acids is 1. The van der Waals surface area contributed by atoms with Crippen LogP contribution in [0, 0.1) is 0 Å². The maximum Gasteiger partial charge on any atom is 0.226 e. The molecule has 1 aromatic carbocycles. The molecule has 1 aliphatic rings. The van der Waals surface area contributed by atoms with Crippen molar-refractivity contribution in [2.24, 2.45) is 0 Å². The van der Waals surface area contributed by atoms with Crippen LogP contribution in [0.15, 0.2) is 24.3 Å². The second-order valence-corrected chi connectivity index (χ2v) is 5.04. The van der Waals surface area contributed by atoms with Crippen LogP contribution in [0.4, 0.5) is 11.4 Å². The average molecular weight is 262 g/mol. The fourth-order valence-corrected chi connectivity index (χ4v) is 2.41. The zero-order valence-electron chi connectivity index (χ0n) is 11.5. The summed E-state index contributed by atoms with van der Waals surface area (Å²) in [6.07, 6.45) is 4.99. The molecular formula is C15H22N2O2. The number of amides is 1. The number of nitrogen functional groups attached to an aromatic ring is 1. The number of para-hydroxylation sites is 2. The molecule has 104 valence electrons. The molecule has 0 radical (unpaired) electrons. The average Bonchev–Trinajstić information content (AvgIpc) is 2.45. The molecule has 0 bridgehead atoms.